The van der Waals surface area contributed by atoms with Crippen molar-refractivity contribution < 1.29 is 9.90 Å². The Bertz CT molecular complexity index is 1390. The Hall–Kier alpha value is -2.81. The molecule has 2 aliphatic heterocycles. The molecule has 7 nitrogen and oxygen atoms in total. The van der Waals surface area contributed by atoms with Gasteiger partial charge in [-0.05, 0) is 74.9 Å². The van der Waals surface area contributed by atoms with Crippen LogP contribution in [0.15, 0.2) is 36.4 Å². The summed E-state index contributed by atoms with van der Waals surface area (Å²) in [5.74, 6) is 0.208. The van der Waals surface area contributed by atoms with Gasteiger partial charge in [-0.1, -0.05) is 44.5 Å². The van der Waals surface area contributed by atoms with Gasteiger partial charge in [0.05, 0.1) is 22.8 Å². The summed E-state index contributed by atoms with van der Waals surface area (Å²) < 4.78 is 0. The molecule has 3 N–H and O–H groups in total. The van der Waals surface area contributed by atoms with Gasteiger partial charge >= 0.3 is 6.03 Å². The van der Waals surface area contributed by atoms with E-state index >= 15 is 0 Å². The van der Waals surface area contributed by atoms with Gasteiger partial charge in [0.2, 0.25) is 0 Å². The fourth-order valence-corrected chi connectivity index (χ4v) is 7.92. The first-order chi connectivity index (χ1) is 18.6. The van der Waals surface area contributed by atoms with Gasteiger partial charge in [-0.25, -0.2) is 9.78 Å². The van der Waals surface area contributed by atoms with Gasteiger partial charge in [0.1, 0.15) is 5.75 Å². The van der Waals surface area contributed by atoms with Crippen LogP contribution in [0.4, 0.5) is 27.0 Å². The van der Waals surface area contributed by atoms with Crippen molar-refractivity contribution in [1.82, 2.24) is 9.88 Å². The molecule has 2 aromatic carbocycles. The minimum atomic E-state index is -0.324. The van der Waals surface area contributed by atoms with E-state index in [4.69, 9.17) is 11.6 Å². The zero-order valence-electron chi connectivity index (χ0n) is 22.8. The minimum Gasteiger partial charge on any atom is -0.506 e. The number of phenols is 1. The highest BCUT2D eigenvalue weighted by molar-refractivity contribution is 7.15. The molecule has 3 aromatic rings. The third-order valence-corrected chi connectivity index (χ3v) is 9.52. The number of carbonyl (C=O) groups is 1. The Balaban J connectivity index is 1.28. The summed E-state index contributed by atoms with van der Waals surface area (Å²) in [5, 5.41) is 18.4. The number of halogens is 1. The second kappa shape index (κ2) is 9.98. The van der Waals surface area contributed by atoms with Crippen molar-refractivity contribution in [3.63, 3.8) is 0 Å². The van der Waals surface area contributed by atoms with Crippen LogP contribution in [-0.2, 0) is 18.3 Å². The van der Waals surface area contributed by atoms with Gasteiger partial charge < -0.3 is 20.2 Å². The number of piperidine rings is 1. The number of aromatic nitrogens is 1. The van der Waals surface area contributed by atoms with Crippen molar-refractivity contribution >= 4 is 51.2 Å². The van der Waals surface area contributed by atoms with E-state index in [1.807, 2.05) is 30.3 Å². The number of rotatable bonds is 4. The number of para-hydroxylation sites is 2. The Morgan fingerprint density at radius 1 is 1.13 bits per heavy atom. The Morgan fingerprint density at radius 2 is 1.90 bits per heavy atom. The van der Waals surface area contributed by atoms with Crippen LogP contribution in [-0.4, -0.2) is 47.2 Å². The number of hydrogen-bond acceptors (Lipinski definition) is 6. The first-order valence-electron chi connectivity index (χ1n) is 13.8. The number of aryl methyl sites for hydroxylation is 2. The number of thiazole rings is 1. The van der Waals surface area contributed by atoms with E-state index in [1.165, 1.54) is 4.88 Å². The van der Waals surface area contributed by atoms with Crippen molar-refractivity contribution in [2.24, 2.45) is 5.41 Å². The number of nitrogens with zero attached hydrogens (tertiary/aromatic N) is 3. The average Bonchev–Trinajstić information content (AvgIpc) is 3.56. The zero-order valence-corrected chi connectivity index (χ0v) is 24.4. The lowest BCUT2D eigenvalue weighted by Crippen LogP contribution is -2.47. The first kappa shape index (κ1) is 26.4. The predicted molar refractivity (Wildman–Crippen MR) is 160 cm³/mol. The minimum absolute atomic E-state index is 0.170. The lowest BCUT2D eigenvalue weighted by molar-refractivity contribution is 0.125. The van der Waals surface area contributed by atoms with Crippen LogP contribution in [0, 0.1) is 5.41 Å². The monoisotopic (exact) mass is 565 g/mol. The molecule has 1 fully saturated rings. The number of likely N-dealkylation sites (tertiary alicyclic amines) is 1. The summed E-state index contributed by atoms with van der Waals surface area (Å²) in [6.45, 7) is 10.5. The molecular formula is C30H36ClN5O2S. The number of benzene rings is 2. The van der Waals surface area contributed by atoms with Crippen LogP contribution in [0.3, 0.4) is 0 Å². The highest BCUT2D eigenvalue weighted by atomic mass is 35.5. The van der Waals surface area contributed by atoms with Crippen molar-refractivity contribution in [3.05, 3.63) is 57.6 Å². The molecule has 0 bridgehead atoms. The van der Waals surface area contributed by atoms with E-state index < -0.39 is 0 Å². The summed E-state index contributed by atoms with van der Waals surface area (Å²) in [4.78, 5) is 23.6. The van der Waals surface area contributed by atoms with Gasteiger partial charge in [0.15, 0.2) is 5.13 Å². The smallest absolute Gasteiger partial charge is 0.325 e. The standard InChI is InChI=1S/C30H36ClN5O2S/c1-29(2,3)17-35-15-13-30(14-16-35)18-36(26-23(37)12-11-19(31)25(26)30)22-9-5-4-7-20(22)32-27(38)34-28-33-21-8-6-10-24(21)39-28/h4-5,7,9,11-12,37H,6,8,10,13-18H2,1-3H3,(H2,32,33,34,38). The van der Waals surface area contributed by atoms with Crippen LogP contribution >= 0.6 is 22.9 Å². The highest BCUT2D eigenvalue weighted by Crippen LogP contribution is 2.56. The molecule has 39 heavy (non-hydrogen) atoms. The van der Waals surface area contributed by atoms with Crippen LogP contribution in [0.2, 0.25) is 5.02 Å². The number of urea groups is 1. The first-order valence-corrected chi connectivity index (χ1v) is 15.0. The third-order valence-electron chi connectivity index (χ3n) is 8.14. The molecule has 1 saturated heterocycles. The third kappa shape index (κ3) is 5.10. The average molecular weight is 566 g/mol. The molecule has 3 aliphatic rings. The molecule has 2 amide bonds. The van der Waals surface area contributed by atoms with E-state index in [2.05, 4.69) is 46.2 Å². The Morgan fingerprint density at radius 3 is 2.64 bits per heavy atom. The van der Waals surface area contributed by atoms with E-state index in [1.54, 1.807) is 17.4 Å². The maximum Gasteiger partial charge on any atom is 0.325 e. The molecule has 3 heterocycles. The largest absolute Gasteiger partial charge is 0.506 e. The number of aromatic hydroxyl groups is 1. The Labute approximate surface area is 239 Å². The number of carbonyl (C=O) groups excluding carboxylic acids is 1. The van der Waals surface area contributed by atoms with Gasteiger partial charge in [-0.15, -0.1) is 11.3 Å². The SMILES string of the molecule is CC(C)(C)CN1CCC2(CC1)CN(c1ccccc1NC(=O)Nc1nc3c(s1)CCC3)c1c(O)ccc(Cl)c12. The summed E-state index contributed by atoms with van der Waals surface area (Å²) in [6.07, 6.45) is 5.07. The molecule has 1 spiro atoms. The number of phenolic OH excluding ortho intramolecular Hbond substituents is 1. The summed E-state index contributed by atoms with van der Waals surface area (Å²) in [7, 11) is 0. The lowest BCUT2D eigenvalue weighted by Gasteiger charge is -2.42. The number of anilines is 4. The highest BCUT2D eigenvalue weighted by Gasteiger charge is 2.48. The maximum absolute atomic E-state index is 13.0. The Kier molecular flexibility index (Phi) is 6.76. The molecule has 0 saturated carbocycles. The van der Waals surface area contributed by atoms with Crippen LogP contribution in [0.5, 0.6) is 5.75 Å². The molecule has 9 heteroatoms. The fraction of sp³-hybridized carbons (Fsp3) is 0.467. The van der Waals surface area contributed by atoms with Crippen LogP contribution in [0.25, 0.3) is 0 Å². The van der Waals surface area contributed by atoms with Crippen LogP contribution < -0.4 is 15.5 Å². The molecule has 1 aliphatic carbocycles. The molecule has 1 aromatic heterocycles. The second-order valence-electron chi connectivity index (χ2n) is 12.3. The molecule has 206 valence electrons. The number of fused-ring (bicyclic) bond motifs is 3. The molecular weight excluding hydrogens is 530 g/mol. The molecule has 0 radical (unpaired) electrons. The maximum atomic E-state index is 13.0. The molecule has 0 atom stereocenters. The topological polar surface area (TPSA) is 80.7 Å². The van der Waals surface area contributed by atoms with Gasteiger partial charge in [-0.3, -0.25) is 5.32 Å². The van der Waals surface area contributed by atoms with Crippen LogP contribution in [0.1, 0.15) is 56.2 Å². The van der Waals surface area contributed by atoms with E-state index in [9.17, 15) is 9.90 Å². The summed E-state index contributed by atoms with van der Waals surface area (Å²) in [5.41, 5.74) is 4.46. The predicted octanol–water partition coefficient (Wildman–Crippen LogP) is 7.17. The quantitative estimate of drug-likeness (QED) is 0.312. The summed E-state index contributed by atoms with van der Waals surface area (Å²) >= 11 is 8.43. The normalized spacial score (nSPS) is 18.3. The zero-order chi connectivity index (χ0) is 27.4. The van der Waals surface area contributed by atoms with Crippen molar-refractivity contribution in [3.8, 4) is 5.75 Å². The van der Waals surface area contributed by atoms with E-state index in [0.29, 0.717) is 22.4 Å². The van der Waals surface area contributed by atoms with Crippen molar-refractivity contribution in [1.29, 1.82) is 0 Å². The lowest BCUT2D eigenvalue weighted by atomic mass is 9.74. The van der Waals surface area contributed by atoms with E-state index in [0.717, 1.165) is 74.4 Å². The van der Waals surface area contributed by atoms with Crippen molar-refractivity contribution in [2.45, 2.75) is 58.3 Å². The molecule has 6 rings (SSSR count). The van der Waals surface area contributed by atoms with E-state index in [-0.39, 0.29) is 22.6 Å². The van der Waals surface area contributed by atoms with Gasteiger partial charge in [0.25, 0.3) is 0 Å². The fourth-order valence-electron chi connectivity index (χ4n) is 6.53. The number of amides is 2. The van der Waals surface area contributed by atoms with Gasteiger partial charge in [-0.2, -0.15) is 0 Å². The number of hydrogen-bond donors (Lipinski definition) is 3. The van der Waals surface area contributed by atoms with Crippen molar-refractivity contribution in [2.75, 3.05) is 41.7 Å². The second-order valence-corrected chi connectivity index (χ2v) is 13.8. The molecule has 0 unspecified atom stereocenters. The van der Waals surface area contributed by atoms with Gasteiger partial charge in [0, 0.05) is 34.0 Å². The number of nitrogens with one attached hydrogen (secondary N) is 2. The summed E-state index contributed by atoms with van der Waals surface area (Å²) in [6, 6.07) is 10.9.